The molecular weight excluding hydrogens is 338 g/mol. The summed E-state index contributed by atoms with van der Waals surface area (Å²) in [6, 6.07) is 17.9. The van der Waals surface area contributed by atoms with Gasteiger partial charge in [0, 0.05) is 30.9 Å². The summed E-state index contributed by atoms with van der Waals surface area (Å²) in [5.74, 6) is 0.313. The maximum Gasteiger partial charge on any atom is 0.321 e. The van der Waals surface area contributed by atoms with Crippen LogP contribution in [0.2, 0.25) is 0 Å². The highest BCUT2D eigenvalue weighted by Gasteiger charge is 2.23. The SMILES string of the molecule is C[C@@H](CCc1ccc(O)cc1)NC1CCN(C(=O)Nc2ccccc2)CC1. The van der Waals surface area contributed by atoms with Gasteiger partial charge in [-0.05, 0) is 62.4 Å². The van der Waals surface area contributed by atoms with Crippen LogP contribution < -0.4 is 10.6 Å². The van der Waals surface area contributed by atoms with Crippen molar-refractivity contribution in [3.8, 4) is 5.75 Å². The first-order valence-electron chi connectivity index (χ1n) is 9.75. The van der Waals surface area contributed by atoms with Gasteiger partial charge in [-0.15, -0.1) is 0 Å². The fraction of sp³-hybridized carbons (Fsp3) is 0.409. The third-order valence-corrected chi connectivity index (χ3v) is 5.13. The van der Waals surface area contributed by atoms with Crippen LogP contribution in [0.4, 0.5) is 10.5 Å². The number of aryl methyl sites for hydroxylation is 1. The molecule has 0 saturated carbocycles. The van der Waals surface area contributed by atoms with Gasteiger partial charge in [-0.3, -0.25) is 0 Å². The second-order valence-corrected chi connectivity index (χ2v) is 7.33. The van der Waals surface area contributed by atoms with Crippen LogP contribution in [0.15, 0.2) is 54.6 Å². The van der Waals surface area contributed by atoms with Gasteiger partial charge < -0.3 is 20.6 Å². The normalized spacial score (nSPS) is 16.1. The van der Waals surface area contributed by atoms with Gasteiger partial charge in [0.1, 0.15) is 5.75 Å². The molecule has 3 N–H and O–H groups in total. The van der Waals surface area contributed by atoms with Crippen molar-refractivity contribution in [2.24, 2.45) is 0 Å². The molecule has 0 unspecified atom stereocenters. The van der Waals surface area contributed by atoms with Gasteiger partial charge in [0.25, 0.3) is 0 Å². The molecule has 2 aromatic carbocycles. The quantitative estimate of drug-likeness (QED) is 0.723. The zero-order chi connectivity index (χ0) is 19.1. The lowest BCUT2D eigenvalue weighted by Gasteiger charge is -2.34. The van der Waals surface area contributed by atoms with E-state index in [1.165, 1.54) is 5.56 Å². The molecule has 2 aromatic rings. The van der Waals surface area contributed by atoms with Gasteiger partial charge in [0.15, 0.2) is 0 Å². The highest BCUT2D eigenvalue weighted by molar-refractivity contribution is 5.89. The number of para-hydroxylation sites is 1. The van der Waals surface area contributed by atoms with Crippen molar-refractivity contribution >= 4 is 11.7 Å². The van der Waals surface area contributed by atoms with Gasteiger partial charge in [-0.1, -0.05) is 30.3 Å². The highest BCUT2D eigenvalue weighted by Crippen LogP contribution is 2.16. The van der Waals surface area contributed by atoms with E-state index in [1.54, 1.807) is 12.1 Å². The maximum atomic E-state index is 12.4. The van der Waals surface area contributed by atoms with E-state index in [-0.39, 0.29) is 6.03 Å². The molecule has 1 aliphatic heterocycles. The monoisotopic (exact) mass is 367 g/mol. The van der Waals surface area contributed by atoms with E-state index < -0.39 is 0 Å². The van der Waals surface area contributed by atoms with Crippen molar-refractivity contribution in [1.82, 2.24) is 10.2 Å². The first-order chi connectivity index (χ1) is 13.1. The largest absolute Gasteiger partial charge is 0.508 e. The molecule has 5 heteroatoms. The Morgan fingerprint density at radius 1 is 1.11 bits per heavy atom. The Bertz CT molecular complexity index is 710. The highest BCUT2D eigenvalue weighted by atomic mass is 16.3. The van der Waals surface area contributed by atoms with Gasteiger partial charge in [0.2, 0.25) is 0 Å². The average molecular weight is 367 g/mol. The lowest BCUT2D eigenvalue weighted by molar-refractivity contribution is 0.186. The molecule has 1 fully saturated rings. The first kappa shape index (κ1) is 19.2. The molecule has 0 aliphatic carbocycles. The minimum Gasteiger partial charge on any atom is -0.508 e. The van der Waals surface area contributed by atoms with E-state index in [2.05, 4.69) is 17.6 Å². The van der Waals surface area contributed by atoms with Gasteiger partial charge in [-0.2, -0.15) is 0 Å². The Morgan fingerprint density at radius 3 is 2.44 bits per heavy atom. The summed E-state index contributed by atoms with van der Waals surface area (Å²) >= 11 is 0. The third-order valence-electron chi connectivity index (χ3n) is 5.13. The van der Waals surface area contributed by atoms with Gasteiger partial charge in [0.05, 0.1) is 0 Å². The number of hydrogen-bond acceptors (Lipinski definition) is 3. The Kier molecular flexibility index (Phi) is 6.71. The van der Waals surface area contributed by atoms with Gasteiger partial charge in [-0.25, -0.2) is 4.79 Å². The summed E-state index contributed by atoms with van der Waals surface area (Å²) in [6.45, 7) is 3.77. The molecule has 3 rings (SSSR count). The number of likely N-dealkylation sites (tertiary alicyclic amines) is 1. The van der Waals surface area contributed by atoms with Crippen LogP contribution in [0, 0.1) is 0 Å². The molecule has 1 saturated heterocycles. The molecule has 1 heterocycles. The number of hydrogen-bond donors (Lipinski definition) is 3. The Labute approximate surface area is 161 Å². The van der Waals surface area contributed by atoms with Crippen molar-refractivity contribution in [1.29, 1.82) is 0 Å². The zero-order valence-corrected chi connectivity index (χ0v) is 15.9. The Morgan fingerprint density at radius 2 is 1.78 bits per heavy atom. The minimum atomic E-state index is -0.0139. The number of anilines is 1. The number of urea groups is 1. The van der Waals surface area contributed by atoms with Crippen LogP contribution in [0.5, 0.6) is 5.75 Å². The number of phenols is 1. The van der Waals surface area contributed by atoms with Crippen molar-refractivity contribution in [2.75, 3.05) is 18.4 Å². The summed E-state index contributed by atoms with van der Waals surface area (Å²) in [5, 5.41) is 16.0. The predicted octanol–water partition coefficient (Wildman–Crippen LogP) is 4.00. The molecule has 1 atom stereocenters. The lowest BCUT2D eigenvalue weighted by Crippen LogP contribution is -2.48. The summed E-state index contributed by atoms with van der Waals surface area (Å²) in [7, 11) is 0. The second kappa shape index (κ2) is 9.42. The smallest absolute Gasteiger partial charge is 0.321 e. The number of nitrogens with zero attached hydrogens (tertiary/aromatic N) is 1. The topological polar surface area (TPSA) is 64.6 Å². The molecule has 27 heavy (non-hydrogen) atoms. The fourth-order valence-corrected chi connectivity index (χ4v) is 3.50. The number of piperidine rings is 1. The Balaban J connectivity index is 1.37. The molecule has 5 nitrogen and oxygen atoms in total. The number of carbonyl (C=O) groups excluding carboxylic acids is 1. The number of benzene rings is 2. The van der Waals surface area contributed by atoms with Gasteiger partial charge >= 0.3 is 6.03 Å². The summed E-state index contributed by atoms with van der Waals surface area (Å²) in [6.07, 6.45) is 4.00. The van der Waals surface area contributed by atoms with Crippen LogP contribution in [-0.4, -0.2) is 41.2 Å². The van der Waals surface area contributed by atoms with E-state index in [0.717, 1.165) is 44.5 Å². The molecule has 144 valence electrons. The molecule has 0 radical (unpaired) electrons. The molecule has 0 aromatic heterocycles. The predicted molar refractivity (Wildman–Crippen MR) is 109 cm³/mol. The number of carbonyl (C=O) groups is 1. The summed E-state index contributed by atoms with van der Waals surface area (Å²) < 4.78 is 0. The fourth-order valence-electron chi connectivity index (χ4n) is 3.50. The second-order valence-electron chi connectivity index (χ2n) is 7.33. The van der Waals surface area contributed by atoms with Crippen LogP contribution in [0.1, 0.15) is 31.7 Å². The van der Waals surface area contributed by atoms with E-state index in [0.29, 0.717) is 17.8 Å². The standard InChI is InChI=1S/C22H29N3O2/c1-17(7-8-18-9-11-21(26)12-10-18)23-20-13-15-25(16-14-20)22(27)24-19-5-3-2-4-6-19/h2-6,9-12,17,20,23,26H,7-8,13-16H2,1H3,(H,24,27)/t17-/m0/s1. The van der Waals surface area contributed by atoms with Crippen LogP contribution in [-0.2, 0) is 6.42 Å². The number of amides is 2. The minimum absolute atomic E-state index is 0.0139. The van der Waals surface area contributed by atoms with Crippen LogP contribution >= 0.6 is 0 Å². The zero-order valence-electron chi connectivity index (χ0n) is 15.9. The van der Waals surface area contributed by atoms with Crippen LogP contribution in [0.3, 0.4) is 0 Å². The number of nitrogens with one attached hydrogen (secondary N) is 2. The first-order valence-corrected chi connectivity index (χ1v) is 9.75. The number of aromatic hydroxyl groups is 1. The molecule has 2 amide bonds. The summed E-state index contributed by atoms with van der Waals surface area (Å²) in [5.41, 5.74) is 2.08. The molecular formula is C22H29N3O2. The third kappa shape index (κ3) is 6.00. The van der Waals surface area contributed by atoms with Crippen molar-refractivity contribution in [3.05, 3.63) is 60.2 Å². The van der Waals surface area contributed by atoms with Crippen molar-refractivity contribution in [3.63, 3.8) is 0 Å². The van der Waals surface area contributed by atoms with E-state index in [9.17, 15) is 9.90 Å². The lowest BCUT2D eigenvalue weighted by atomic mass is 10.0. The van der Waals surface area contributed by atoms with Crippen molar-refractivity contribution < 1.29 is 9.90 Å². The van der Waals surface area contributed by atoms with E-state index >= 15 is 0 Å². The number of rotatable bonds is 6. The maximum absolute atomic E-state index is 12.4. The van der Waals surface area contributed by atoms with Crippen LogP contribution in [0.25, 0.3) is 0 Å². The van der Waals surface area contributed by atoms with E-state index in [4.69, 9.17) is 0 Å². The molecule has 0 spiro atoms. The molecule has 0 bridgehead atoms. The van der Waals surface area contributed by atoms with E-state index in [1.807, 2.05) is 47.4 Å². The van der Waals surface area contributed by atoms with Crippen molar-refractivity contribution in [2.45, 2.75) is 44.7 Å². The average Bonchev–Trinajstić information content (AvgIpc) is 2.69. The number of phenolic OH excluding ortho intramolecular Hbond substituents is 1. The Hall–Kier alpha value is -2.53. The summed E-state index contributed by atoms with van der Waals surface area (Å²) in [4.78, 5) is 14.3. The molecule has 1 aliphatic rings.